The van der Waals surface area contributed by atoms with Crippen molar-refractivity contribution >= 4 is 11.6 Å². The molecule has 162 valence electrons. The number of benzene rings is 1. The maximum Gasteiger partial charge on any atom is 0.240 e. The highest BCUT2D eigenvalue weighted by atomic mass is 16.5. The third-order valence-electron chi connectivity index (χ3n) is 5.27. The maximum atomic E-state index is 12.1. The van der Waals surface area contributed by atoms with Gasteiger partial charge in [0, 0.05) is 57.6 Å². The highest BCUT2D eigenvalue weighted by molar-refractivity contribution is 5.95. The number of hydrogen-bond donors (Lipinski definition) is 2. The minimum absolute atomic E-state index is 0.0587. The molecule has 1 aromatic carbocycles. The van der Waals surface area contributed by atoms with E-state index >= 15 is 0 Å². The van der Waals surface area contributed by atoms with Gasteiger partial charge in [-0.15, -0.1) is 5.10 Å². The van der Waals surface area contributed by atoms with Crippen LogP contribution in [0, 0.1) is 5.92 Å². The molecule has 0 bridgehead atoms. The van der Waals surface area contributed by atoms with Crippen molar-refractivity contribution in [2.45, 2.75) is 32.4 Å². The molecule has 2 heterocycles. The molecule has 8 heteroatoms. The van der Waals surface area contributed by atoms with Crippen LogP contribution in [0.4, 0.5) is 5.69 Å². The number of rotatable bonds is 10. The minimum Gasteiger partial charge on any atom is -0.396 e. The molecule has 0 saturated carbocycles. The zero-order chi connectivity index (χ0) is 21.3. The van der Waals surface area contributed by atoms with Crippen molar-refractivity contribution in [1.29, 1.82) is 0 Å². The van der Waals surface area contributed by atoms with Gasteiger partial charge >= 0.3 is 0 Å². The first-order valence-electron chi connectivity index (χ1n) is 10.4. The lowest BCUT2D eigenvalue weighted by atomic mass is 9.96. The van der Waals surface area contributed by atoms with Crippen LogP contribution in [-0.4, -0.2) is 59.4 Å². The van der Waals surface area contributed by atoms with Gasteiger partial charge in [0.1, 0.15) is 0 Å². The molecule has 0 spiro atoms. The van der Waals surface area contributed by atoms with Crippen molar-refractivity contribution < 1.29 is 14.6 Å². The number of nitrogens with one attached hydrogen (secondary N) is 1. The summed E-state index contributed by atoms with van der Waals surface area (Å²) in [5.74, 6) is 0.298. The third kappa shape index (κ3) is 5.75. The number of carbonyl (C=O) groups is 1. The number of carbonyl (C=O) groups excluding carboxylic acids is 1. The van der Waals surface area contributed by atoms with Gasteiger partial charge in [0.25, 0.3) is 0 Å². The molecular weight excluding hydrogens is 382 g/mol. The lowest BCUT2D eigenvalue weighted by molar-refractivity contribution is -0.118. The maximum absolute atomic E-state index is 12.1. The molecule has 1 fully saturated rings. The number of nitrogens with zero attached hydrogens (tertiary/aromatic N) is 4. The first-order chi connectivity index (χ1) is 14.6. The van der Waals surface area contributed by atoms with Crippen molar-refractivity contribution in [1.82, 2.24) is 20.3 Å². The summed E-state index contributed by atoms with van der Waals surface area (Å²) in [6.07, 6.45) is 7.48. The summed E-state index contributed by atoms with van der Waals surface area (Å²) < 4.78 is 7.55. The molecule has 3 rings (SSSR count). The first kappa shape index (κ1) is 22.1. The van der Waals surface area contributed by atoms with Gasteiger partial charge in [-0.1, -0.05) is 36.4 Å². The van der Waals surface area contributed by atoms with Crippen molar-refractivity contribution in [3.05, 3.63) is 53.9 Å². The molecule has 0 unspecified atom stereocenters. The number of aliphatic hydroxyl groups excluding tert-OH is 1. The Bertz CT molecular complexity index is 834. The fourth-order valence-corrected chi connectivity index (χ4v) is 3.67. The van der Waals surface area contributed by atoms with Crippen LogP contribution >= 0.6 is 0 Å². The molecule has 0 aliphatic carbocycles. The van der Waals surface area contributed by atoms with Crippen LogP contribution < -0.4 is 10.2 Å². The van der Waals surface area contributed by atoms with E-state index in [1.807, 2.05) is 35.4 Å². The SMILES string of the molecule is CO[C@@H](c1ccc(N2CCNCC2=O)cc1)[C@@H](C)/C=C/CCn1cc(CCO)nn1. The zero-order valence-corrected chi connectivity index (χ0v) is 17.7. The molecule has 0 radical (unpaired) electrons. The summed E-state index contributed by atoms with van der Waals surface area (Å²) >= 11 is 0. The molecule has 8 nitrogen and oxygen atoms in total. The predicted octanol–water partition coefficient (Wildman–Crippen LogP) is 1.72. The Hall–Kier alpha value is -2.55. The lowest BCUT2D eigenvalue weighted by Gasteiger charge is -2.28. The smallest absolute Gasteiger partial charge is 0.240 e. The van der Waals surface area contributed by atoms with E-state index in [-0.39, 0.29) is 24.5 Å². The van der Waals surface area contributed by atoms with Crippen LogP contribution in [-0.2, 0) is 22.5 Å². The van der Waals surface area contributed by atoms with E-state index in [2.05, 4.69) is 34.7 Å². The number of aromatic nitrogens is 3. The van der Waals surface area contributed by atoms with Crippen LogP contribution in [0.15, 0.2) is 42.6 Å². The molecule has 2 atom stereocenters. The molecule has 1 saturated heterocycles. The first-order valence-corrected chi connectivity index (χ1v) is 10.4. The van der Waals surface area contributed by atoms with Gasteiger partial charge in [0.2, 0.25) is 5.91 Å². The number of anilines is 1. The van der Waals surface area contributed by atoms with Crippen molar-refractivity contribution in [2.75, 3.05) is 38.3 Å². The predicted molar refractivity (Wildman–Crippen MR) is 115 cm³/mol. The number of allylic oxidation sites excluding steroid dienone is 1. The fraction of sp³-hybridized carbons (Fsp3) is 0.500. The molecule has 2 N–H and O–H groups in total. The third-order valence-corrected chi connectivity index (χ3v) is 5.27. The van der Waals surface area contributed by atoms with E-state index in [9.17, 15) is 4.79 Å². The second-order valence-corrected chi connectivity index (χ2v) is 7.49. The molecule has 2 aromatic rings. The Morgan fingerprint density at radius 2 is 2.13 bits per heavy atom. The van der Waals surface area contributed by atoms with Gasteiger partial charge in [-0.2, -0.15) is 0 Å². The van der Waals surface area contributed by atoms with Gasteiger partial charge in [-0.3, -0.25) is 9.48 Å². The van der Waals surface area contributed by atoms with E-state index in [0.29, 0.717) is 19.5 Å². The molecule has 30 heavy (non-hydrogen) atoms. The van der Waals surface area contributed by atoms with Gasteiger partial charge < -0.3 is 20.1 Å². The summed E-state index contributed by atoms with van der Waals surface area (Å²) in [4.78, 5) is 13.9. The molecule has 1 aromatic heterocycles. The van der Waals surface area contributed by atoms with Crippen LogP contribution in [0.25, 0.3) is 0 Å². The highest BCUT2D eigenvalue weighted by Crippen LogP contribution is 2.28. The second kappa shape index (κ2) is 11.0. The van der Waals surface area contributed by atoms with Gasteiger partial charge in [0.15, 0.2) is 0 Å². The number of amides is 1. The van der Waals surface area contributed by atoms with E-state index in [4.69, 9.17) is 9.84 Å². The van der Waals surface area contributed by atoms with Gasteiger partial charge in [0.05, 0.1) is 18.3 Å². The van der Waals surface area contributed by atoms with Gasteiger partial charge in [-0.25, -0.2) is 0 Å². The van der Waals surface area contributed by atoms with E-state index < -0.39 is 0 Å². The Labute approximate surface area is 177 Å². The average molecular weight is 414 g/mol. The van der Waals surface area contributed by atoms with Crippen molar-refractivity contribution in [2.24, 2.45) is 5.92 Å². The van der Waals surface area contributed by atoms with Gasteiger partial charge in [-0.05, 0) is 24.1 Å². The Balaban J connectivity index is 1.54. The van der Waals surface area contributed by atoms with Crippen molar-refractivity contribution in [3.63, 3.8) is 0 Å². The van der Waals surface area contributed by atoms with Crippen LogP contribution in [0.3, 0.4) is 0 Å². The quantitative estimate of drug-likeness (QED) is 0.576. The monoisotopic (exact) mass is 413 g/mol. The lowest BCUT2D eigenvalue weighted by Crippen LogP contribution is -2.48. The number of hydrogen-bond acceptors (Lipinski definition) is 6. The summed E-state index contributed by atoms with van der Waals surface area (Å²) in [5.41, 5.74) is 2.82. The van der Waals surface area contributed by atoms with Crippen LogP contribution in [0.2, 0.25) is 0 Å². The Morgan fingerprint density at radius 3 is 2.83 bits per heavy atom. The molecule has 1 aliphatic heterocycles. The number of aryl methyl sites for hydroxylation is 1. The molecule has 1 amide bonds. The number of aliphatic hydroxyl groups is 1. The number of ether oxygens (including phenoxy) is 1. The fourth-order valence-electron chi connectivity index (χ4n) is 3.67. The topological polar surface area (TPSA) is 92.5 Å². The van der Waals surface area contributed by atoms with Crippen LogP contribution in [0.1, 0.15) is 30.7 Å². The number of piperazine rings is 1. The minimum atomic E-state index is -0.0587. The standard InChI is InChI=1S/C22H31N5O3/c1-17(5-3-4-12-26-16-19(10-14-28)24-25-26)22(30-2)18-6-8-20(9-7-18)27-13-11-23-15-21(27)29/h3,5-9,16-17,22-23,28H,4,10-15H2,1-2H3/b5-3+/t17-,22+/m0/s1. The normalized spacial score (nSPS) is 16.9. The Kier molecular flexibility index (Phi) is 8.12. The largest absolute Gasteiger partial charge is 0.396 e. The van der Waals surface area contributed by atoms with Crippen molar-refractivity contribution in [3.8, 4) is 0 Å². The van der Waals surface area contributed by atoms with Crippen LogP contribution in [0.5, 0.6) is 0 Å². The molecule has 1 aliphatic rings. The highest BCUT2D eigenvalue weighted by Gasteiger charge is 2.21. The second-order valence-electron chi connectivity index (χ2n) is 7.49. The van der Waals surface area contributed by atoms with E-state index in [1.165, 1.54) is 0 Å². The zero-order valence-electron chi connectivity index (χ0n) is 17.7. The summed E-state index contributed by atoms with van der Waals surface area (Å²) in [5, 5.41) is 20.1. The van der Waals surface area contributed by atoms with E-state index in [1.54, 1.807) is 11.8 Å². The summed E-state index contributed by atoms with van der Waals surface area (Å²) in [6, 6.07) is 8.08. The summed E-state index contributed by atoms with van der Waals surface area (Å²) in [6.45, 7) is 4.86. The summed E-state index contributed by atoms with van der Waals surface area (Å²) in [7, 11) is 1.72. The number of methoxy groups -OCH3 is 1. The van der Waals surface area contributed by atoms with E-state index in [0.717, 1.165) is 36.5 Å². The molecular formula is C22H31N5O3. The Morgan fingerprint density at radius 1 is 1.33 bits per heavy atom. The average Bonchev–Trinajstić information content (AvgIpc) is 3.20.